The summed E-state index contributed by atoms with van der Waals surface area (Å²) in [6.45, 7) is 3.95. The highest BCUT2D eigenvalue weighted by Crippen LogP contribution is 2.41. The number of methoxy groups -OCH3 is 1. The van der Waals surface area contributed by atoms with Crippen LogP contribution in [-0.2, 0) is 13.1 Å². The molecule has 4 aliphatic rings. The van der Waals surface area contributed by atoms with Gasteiger partial charge in [-0.05, 0) is 80.0 Å². The van der Waals surface area contributed by atoms with Crippen molar-refractivity contribution in [2.24, 2.45) is 23.5 Å². The maximum absolute atomic E-state index is 13.9. The molecule has 238 valence electrons. The average molecular weight is 628 g/mol. The Morgan fingerprint density at radius 3 is 2.60 bits per heavy atom. The molecular formula is C36H37N9O2. The number of nitriles is 1. The number of carbonyl (C=O) groups excluding carboxylic acids is 1. The number of fused-ring (bicyclic) bond motifs is 4. The van der Waals surface area contributed by atoms with E-state index in [1.54, 1.807) is 13.2 Å². The molecule has 6 heterocycles. The van der Waals surface area contributed by atoms with Gasteiger partial charge in [0.05, 0.1) is 18.3 Å². The maximum atomic E-state index is 13.9. The van der Waals surface area contributed by atoms with E-state index in [-0.39, 0.29) is 18.0 Å². The molecule has 2 saturated heterocycles. The van der Waals surface area contributed by atoms with Crippen LogP contribution in [0.1, 0.15) is 41.7 Å². The van der Waals surface area contributed by atoms with Gasteiger partial charge < -0.3 is 29.4 Å². The van der Waals surface area contributed by atoms with Gasteiger partial charge in [0.1, 0.15) is 34.5 Å². The van der Waals surface area contributed by atoms with E-state index in [0.717, 1.165) is 71.9 Å². The van der Waals surface area contributed by atoms with Crippen LogP contribution in [0, 0.1) is 29.1 Å². The van der Waals surface area contributed by atoms with E-state index in [1.165, 1.54) is 12.8 Å². The Morgan fingerprint density at radius 2 is 1.85 bits per heavy atom. The van der Waals surface area contributed by atoms with Crippen LogP contribution < -0.4 is 15.4 Å². The van der Waals surface area contributed by atoms with E-state index in [2.05, 4.69) is 37.2 Å². The minimum Gasteiger partial charge on any atom is -0.494 e. The number of anilines is 1. The van der Waals surface area contributed by atoms with Crippen LogP contribution in [-0.4, -0.2) is 73.7 Å². The second kappa shape index (κ2) is 10.8. The zero-order valence-electron chi connectivity index (χ0n) is 26.4. The number of hydrogen-bond acceptors (Lipinski definition) is 8. The standard InChI is InChI=1S/C36H37N9O2/c1-47-30-14-25(36(46)44-20-24-9-10-28(44)32(24)38)12-27-33(30)45(19-22-16-42(17-22)31-6-2-5-26(15-37)40-31)35(41-27)29-13-23-4-3-11-39-34(23)43(29)18-21-7-8-21/h2-6,11-14,21-22,24,28,32H,7-10,16-20,38H2,1H3/t24-,28-,32-/m1/s1. The van der Waals surface area contributed by atoms with Crippen molar-refractivity contribution in [3.05, 3.63) is 66.0 Å². The first kappa shape index (κ1) is 28.3. The summed E-state index contributed by atoms with van der Waals surface area (Å²) >= 11 is 0. The average Bonchev–Trinajstić information content (AvgIpc) is 3.44. The molecule has 2 N–H and O–H groups in total. The Kier molecular flexibility index (Phi) is 6.51. The molecule has 9 rings (SSSR count). The summed E-state index contributed by atoms with van der Waals surface area (Å²) in [6, 6.07) is 18.0. The number of likely N-dealkylation sites (tertiary alicyclic amines) is 1. The largest absolute Gasteiger partial charge is 0.494 e. The minimum absolute atomic E-state index is 0.00210. The third kappa shape index (κ3) is 4.65. The number of nitrogens with zero attached hydrogens (tertiary/aromatic N) is 8. The molecule has 2 bridgehead atoms. The normalized spacial score (nSPS) is 22.3. The summed E-state index contributed by atoms with van der Waals surface area (Å²) in [6.07, 6.45) is 6.36. The van der Waals surface area contributed by atoms with Gasteiger partial charge in [0, 0.05) is 67.9 Å². The van der Waals surface area contributed by atoms with E-state index in [9.17, 15) is 10.1 Å². The summed E-state index contributed by atoms with van der Waals surface area (Å²) in [5.41, 5.74) is 11.1. The van der Waals surface area contributed by atoms with Crippen molar-refractivity contribution in [1.29, 1.82) is 5.26 Å². The van der Waals surface area contributed by atoms with Gasteiger partial charge >= 0.3 is 0 Å². The Morgan fingerprint density at radius 1 is 1.00 bits per heavy atom. The van der Waals surface area contributed by atoms with Crippen molar-refractivity contribution in [1.82, 2.24) is 29.0 Å². The number of nitrogens with two attached hydrogens (primary N) is 1. The summed E-state index contributed by atoms with van der Waals surface area (Å²) in [5.74, 6) is 3.66. The summed E-state index contributed by atoms with van der Waals surface area (Å²) in [5, 5.41) is 10.4. The van der Waals surface area contributed by atoms with Gasteiger partial charge in [-0.15, -0.1) is 0 Å². The van der Waals surface area contributed by atoms with E-state index >= 15 is 0 Å². The topological polar surface area (TPSA) is 131 Å². The van der Waals surface area contributed by atoms with Gasteiger partial charge in [0.2, 0.25) is 0 Å². The number of amides is 1. The first-order valence-electron chi connectivity index (χ1n) is 16.7. The molecule has 2 aliphatic heterocycles. The van der Waals surface area contributed by atoms with Crippen molar-refractivity contribution in [3.63, 3.8) is 0 Å². The number of carbonyl (C=O) groups is 1. The molecule has 47 heavy (non-hydrogen) atoms. The predicted octanol–water partition coefficient (Wildman–Crippen LogP) is 4.44. The molecule has 0 spiro atoms. The van der Waals surface area contributed by atoms with Crippen molar-refractivity contribution in [2.75, 3.05) is 31.6 Å². The highest BCUT2D eigenvalue weighted by molar-refractivity contribution is 6.00. The third-order valence-corrected chi connectivity index (χ3v) is 10.8. The van der Waals surface area contributed by atoms with Gasteiger partial charge in [-0.1, -0.05) is 6.07 Å². The number of ether oxygens (including phenoxy) is 1. The number of hydrogen-bond donors (Lipinski definition) is 1. The Hall–Kier alpha value is -4.95. The highest BCUT2D eigenvalue weighted by Gasteiger charge is 2.47. The van der Waals surface area contributed by atoms with Gasteiger partial charge in [-0.2, -0.15) is 5.26 Å². The second-order valence-electron chi connectivity index (χ2n) is 13.8. The maximum Gasteiger partial charge on any atom is 0.254 e. The van der Waals surface area contributed by atoms with E-state index < -0.39 is 0 Å². The fraction of sp³-hybridized carbons (Fsp3) is 0.417. The van der Waals surface area contributed by atoms with Crippen molar-refractivity contribution < 1.29 is 9.53 Å². The molecule has 1 aromatic carbocycles. The quantitative estimate of drug-likeness (QED) is 0.267. The summed E-state index contributed by atoms with van der Waals surface area (Å²) in [7, 11) is 1.67. The number of rotatable bonds is 8. The molecule has 4 fully saturated rings. The van der Waals surface area contributed by atoms with Crippen LogP contribution in [0.4, 0.5) is 5.82 Å². The molecule has 11 nitrogen and oxygen atoms in total. The summed E-state index contributed by atoms with van der Waals surface area (Å²) in [4.78, 5) is 32.7. The van der Waals surface area contributed by atoms with Crippen LogP contribution in [0.2, 0.25) is 0 Å². The summed E-state index contributed by atoms with van der Waals surface area (Å²) < 4.78 is 10.7. The predicted molar refractivity (Wildman–Crippen MR) is 178 cm³/mol. The second-order valence-corrected chi connectivity index (χ2v) is 13.8. The number of pyridine rings is 2. The smallest absolute Gasteiger partial charge is 0.254 e. The monoisotopic (exact) mass is 627 g/mol. The highest BCUT2D eigenvalue weighted by atomic mass is 16.5. The number of benzene rings is 1. The first-order chi connectivity index (χ1) is 23.0. The zero-order valence-corrected chi connectivity index (χ0v) is 26.4. The van der Waals surface area contributed by atoms with Crippen LogP contribution in [0.25, 0.3) is 33.6 Å². The molecule has 2 saturated carbocycles. The lowest BCUT2D eigenvalue weighted by molar-refractivity contribution is 0.0700. The van der Waals surface area contributed by atoms with Crippen LogP contribution in [0.15, 0.2) is 54.7 Å². The fourth-order valence-corrected chi connectivity index (χ4v) is 8.14. The van der Waals surface area contributed by atoms with Gasteiger partial charge in [0.15, 0.2) is 5.82 Å². The third-order valence-electron chi connectivity index (χ3n) is 10.8. The number of piperidine rings is 1. The van der Waals surface area contributed by atoms with Crippen LogP contribution >= 0.6 is 0 Å². The number of imidazole rings is 1. The molecule has 3 atom stereocenters. The first-order valence-corrected chi connectivity index (χ1v) is 16.7. The van der Waals surface area contributed by atoms with E-state index in [4.69, 9.17) is 20.4 Å². The SMILES string of the molecule is COc1cc(C(=O)N2C[C@H]3CC[C@@H]2[C@@H]3N)cc2nc(-c3cc4cccnc4n3CC3CC3)n(CC3CN(c4cccc(C#N)n4)C3)c12. The molecule has 2 aliphatic carbocycles. The lowest BCUT2D eigenvalue weighted by Crippen LogP contribution is -2.49. The van der Waals surface area contributed by atoms with Crippen molar-refractivity contribution in [3.8, 4) is 23.3 Å². The van der Waals surface area contributed by atoms with Gasteiger partial charge in [0.25, 0.3) is 5.91 Å². The molecule has 4 aromatic heterocycles. The zero-order chi connectivity index (χ0) is 31.8. The molecule has 0 unspecified atom stereocenters. The molecule has 5 aromatic rings. The Labute approximate surface area is 272 Å². The van der Waals surface area contributed by atoms with E-state index in [1.807, 2.05) is 41.4 Å². The van der Waals surface area contributed by atoms with Crippen LogP contribution in [0.3, 0.4) is 0 Å². The Balaban J connectivity index is 1.14. The lowest BCUT2D eigenvalue weighted by Gasteiger charge is -2.40. The lowest BCUT2D eigenvalue weighted by atomic mass is 9.99. The van der Waals surface area contributed by atoms with Crippen LogP contribution in [0.5, 0.6) is 5.75 Å². The number of aromatic nitrogens is 5. The Bertz CT molecular complexity index is 2080. The van der Waals surface area contributed by atoms with Gasteiger partial charge in [-0.25, -0.2) is 15.0 Å². The van der Waals surface area contributed by atoms with E-state index in [0.29, 0.717) is 47.9 Å². The minimum atomic E-state index is -0.00210. The molecule has 1 amide bonds. The van der Waals surface area contributed by atoms with Gasteiger partial charge in [-0.3, -0.25) is 4.79 Å². The molecular weight excluding hydrogens is 590 g/mol. The van der Waals surface area contributed by atoms with Crippen molar-refractivity contribution >= 4 is 33.8 Å². The van der Waals surface area contributed by atoms with Crippen molar-refractivity contribution in [2.45, 2.75) is 50.9 Å². The molecule has 0 radical (unpaired) electrons. The fourth-order valence-electron chi connectivity index (χ4n) is 8.14. The molecule has 11 heteroatoms.